The Morgan fingerprint density at radius 1 is 0.639 bits per heavy atom. The van der Waals surface area contributed by atoms with Crippen LogP contribution in [0.25, 0.3) is 6.08 Å². The highest BCUT2D eigenvalue weighted by atomic mass is 16.5. The third-order valence-electron chi connectivity index (χ3n) is 6.16. The minimum atomic E-state index is -1.13. The highest BCUT2D eigenvalue weighted by Crippen LogP contribution is 2.55. The topological polar surface area (TPSA) is 108 Å². The van der Waals surface area contributed by atoms with Gasteiger partial charge in [-0.3, -0.25) is 4.79 Å². The van der Waals surface area contributed by atoms with E-state index in [-0.39, 0.29) is 5.57 Å². The molecule has 3 rings (SSSR count). The second kappa shape index (κ2) is 11.1. The highest BCUT2D eigenvalue weighted by Gasteiger charge is 2.46. The molecule has 2 atom stereocenters. The normalized spacial score (nSPS) is 16.2. The van der Waals surface area contributed by atoms with Crippen LogP contribution in [0, 0.1) is 5.92 Å². The summed E-state index contributed by atoms with van der Waals surface area (Å²) in [5.41, 5.74) is 1.62. The predicted octanol–water partition coefficient (Wildman–Crippen LogP) is 3.23. The van der Waals surface area contributed by atoms with Crippen LogP contribution >= 0.6 is 0 Å². The van der Waals surface area contributed by atoms with E-state index in [0.29, 0.717) is 51.2 Å². The van der Waals surface area contributed by atoms with E-state index in [1.54, 1.807) is 24.3 Å². The minimum absolute atomic E-state index is 0.0733. The molecule has 0 aliphatic heterocycles. The van der Waals surface area contributed by atoms with Crippen LogP contribution < -0.4 is 28.4 Å². The first-order valence-electron chi connectivity index (χ1n) is 10.9. The number of methoxy groups -OCH3 is 8. The summed E-state index contributed by atoms with van der Waals surface area (Å²) < 4.78 is 43.8. The molecule has 2 aromatic carbocycles. The number of benzene rings is 2. The second-order valence-corrected chi connectivity index (χ2v) is 7.66. The van der Waals surface area contributed by atoms with E-state index < -0.39 is 23.8 Å². The third-order valence-corrected chi connectivity index (χ3v) is 6.16. The number of ether oxygens (including phenoxy) is 8. The maximum atomic E-state index is 13.3. The van der Waals surface area contributed by atoms with E-state index in [4.69, 9.17) is 37.9 Å². The molecule has 0 saturated carbocycles. The molecule has 1 aliphatic carbocycles. The Labute approximate surface area is 209 Å². The van der Waals surface area contributed by atoms with E-state index in [2.05, 4.69) is 0 Å². The average Bonchev–Trinajstić information content (AvgIpc) is 2.93. The molecule has 2 aromatic rings. The summed E-state index contributed by atoms with van der Waals surface area (Å²) in [6.07, 6.45) is 1.55. The number of carbonyl (C=O) groups is 2. The highest BCUT2D eigenvalue weighted by molar-refractivity contribution is 6.03. The molecule has 0 fully saturated rings. The van der Waals surface area contributed by atoms with Gasteiger partial charge in [-0.05, 0) is 12.1 Å². The molecule has 0 spiro atoms. The van der Waals surface area contributed by atoms with Crippen LogP contribution in [-0.4, -0.2) is 68.8 Å². The first-order valence-corrected chi connectivity index (χ1v) is 10.9. The summed E-state index contributed by atoms with van der Waals surface area (Å²) in [5, 5.41) is 0. The van der Waals surface area contributed by atoms with Crippen molar-refractivity contribution in [1.29, 1.82) is 0 Å². The first-order chi connectivity index (χ1) is 17.3. The van der Waals surface area contributed by atoms with Gasteiger partial charge in [0.15, 0.2) is 23.0 Å². The van der Waals surface area contributed by atoms with Crippen LogP contribution in [-0.2, 0) is 19.1 Å². The van der Waals surface area contributed by atoms with Crippen molar-refractivity contribution < 1.29 is 47.5 Å². The Morgan fingerprint density at radius 2 is 1.19 bits per heavy atom. The molecule has 0 bridgehead atoms. The van der Waals surface area contributed by atoms with Gasteiger partial charge in [-0.15, -0.1) is 0 Å². The fourth-order valence-corrected chi connectivity index (χ4v) is 4.56. The molecule has 0 saturated heterocycles. The Hall–Kier alpha value is -4.08. The Morgan fingerprint density at radius 3 is 1.69 bits per heavy atom. The number of esters is 2. The lowest BCUT2D eigenvalue weighted by molar-refractivity contribution is -0.147. The monoisotopic (exact) mass is 502 g/mol. The van der Waals surface area contributed by atoms with Gasteiger partial charge in [-0.25, -0.2) is 4.79 Å². The molecule has 0 heterocycles. The van der Waals surface area contributed by atoms with E-state index in [1.807, 2.05) is 0 Å². The van der Waals surface area contributed by atoms with Crippen LogP contribution in [0.5, 0.6) is 34.5 Å². The van der Waals surface area contributed by atoms with Crippen molar-refractivity contribution in [3.05, 3.63) is 40.5 Å². The smallest absolute Gasteiger partial charge is 0.334 e. The zero-order valence-corrected chi connectivity index (χ0v) is 21.5. The van der Waals surface area contributed by atoms with Crippen LogP contribution in [0.15, 0.2) is 23.8 Å². The van der Waals surface area contributed by atoms with Gasteiger partial charge < -0.3 is 37.9 Å². The molecule has 0 amide bonds. The van der Waals surface area contributed by atoms with Crippen molar-refractivity contribution in [2.45, 2.75) is 5.92 Å². The number of fused-ring (bicyclic) bond motifs is 1. The van der Waals surface area contributed by atoms with Crippen LogP contribution in [0.3, 0.4) is 0 Å². The summed E-state index contributed by atoms with van der Waals surface area (Å²) in [6.45, 7) is 0. The van der Waals surface area contributed by atoms with Crippen LogP contribution in [0.2, 0.25) is 0 Å². The van der Waals surface area contributed by atoms with Crippen molar-refractivity contribution in [2.24, 2.45) is 5.92 Å². The quantitative estimate of drug-likeness (QED) is 0.474. The fourth-order valence-electron chi connectivity index (χ4n) is 4.56. The Kier molecular flexibility index (Phi) is 8.18. The summed E-state index contributed by atoms with van der Waals surface area (Å²) in [6, 6.07) is 4.97. The van der Waals surface area contributed by atoms with Gasteiger partial charge in [0.2, 0.25) is 0 Å². The summed E-state index contributed by atoms with van der Waals surface area (Å²) >= 11 is 0. The molecule has 0 unspecified atom stereocenters. The van der Waals surface area contributed by atoms with Gasteiger partial charge in [0.05, 0.1) is 62.5 Å². The summed E-state index contributed by atoms with van der Waals surface area (Å²) in [4.78, 5) is 26.3. The standard InChI is InChI=1S/C26H30O10/c1-29-16-11-19(32-4)18(31-3)10-14(16)21-22-13(17(30-2)12-20(33-5)24(22)34-6)9-15(25(27)35-7)23(21)26(28)36-8/h9-12,21,23H,1-8H3/t21-,23-/m0/s1. The van der Waals surface area contributed by atoms with E-state index in [1.165, 1.54) is 56.9 Å². The van der Waals surface area contributed by atoms with Gasteiger partial charge in [0.25, 0.3) is 0 Å². The molecule has 10 heteroatoms. The maximum Gasteiger partial charge on any atom is 0.334 e. The minimum Gasteiger partial charge on any atom is -0.496 e. The third kappa shape index (κ3) is 4.34. The van der Waals surface area contributed by atoms with Gasteiger partial charge in [0, 0.05) is 34.7 Å². The fraction of sp³-hybridized carbons (Fsp3) is 0.385. The molecule has 194 valence electrons. The SMILES string of the molecule is COC(=O)C1=Cc2c(OC)cc(OC)c(OC)c2[C@H](c2cc(OC)c(OC)cc2OC)[C@H]1C(=O)OC. The lowest BCUT2D eigenvalue weighted by Gasteiger charge is -2.35. The molecule has 36 heavy (non-hydrogen) atoms. The van der Waals surface area contributed by atoms with Crippen LogP contribution in [0.1, 0.15) is 22.6 Å². The maximum absolute atomic E-state index is 13.3. The van der Waals surface area contributed by atoms with Gasteiger partial charge in [-0.2, -0.15) is 0 Å². The van der Waals surface area contributed by atoms with Crippen molar-refractivity contribution in [3.63, 3.8) is 0 Å². The van der Waals surface area contributed by atoms with E-state index in [9.17, 15) is 9.59 Å². The van der Waals surface area contributed by atoms with E-state index in [0.717, 1.165) is 0 Å². The Balaban J connectivity index is 2.56. The van der Waals surface area contributed by atoms with Crippen molar-refractivity contribution >= 4 is 18.0 Å². The Bertz CT molecular complexity index is 1180. The molecular formula is C26H30O10. The van der Waals surface area contributed by atoms with Crippen molar-refractivity contribution in [3.8, 4) is 34.5 Å². The average molecular weight is 503 g/mol. The number of carbonyl (C=O) groups excluding carboxylic acids is 2. The lowest BCUT2D eigenvalue weighted by atomic mass is 9.70. The van der Waals surface area contributed by atoms with E-state index >= 15 is 0 Å². The van der Waals surface area contributed by atoms with Crippen molar-refractivity contribution in [1.82, 2.24) is 0 Å². The molecular weight excluding hydrogens is 472 g/mol. The summed E-state index contributed by atoms with van der Waals surface area (Å²) in [5.74, 6) is -1.04. The van der Waals surface area contributed by atoms with Gasteiger partial charge >= 0.3 is 11.9 Å². The number of rotatable bonds is 9. The van der Waals surface area contributed by atoms with Crippen LogP contribution in [0.4, 0.5) is 0 Å². The molecule has 0 radical (unpaired) electrons. The number of hydrogen-bond acceptors (Lipinski definition) is 10. The molecule has 10 nitrogen and oxygen atoms in total. The van der Waals surface area contributed by atoms with Gasteiger partial charge in [-0.1, -0.05) is 0 Å². The molecule has 0 N–H and O–H groups in total. The zero-order chi connectivity index (χ0) is 26.6. The number of hydrogen-bond donors (Lipinski definition) is 0. The largest absolute Gasteiger partial charge is 0.496 e. The summed E-state index contributed by atoms with van der Waals surface area (Å²) in [7, 11) is 11.4. The van der Waals surface area contributed by atoms with Crippen molar-refractivity contribution in [2.75, 3.05) is 56.9 Å². The lowest BCUT2D eigenvalue weighted by Crippen LogP contribution is -2.33. The van der Waals surface area contributed by atoms with Gasteiger partial charge in [0.1, 0.15) is 17.4 Å². The molecule has 0 aromatic heterocycles. The predicted molar refractivity (Wildman–Crippen MR) is 130 cm³/mol. The first kappa shape index (κ1) is 26.5. The second-order valence-electron chi connectivity index (χ2n) is 7.66. The zero-order valence-electron chi connectivity index (χ0n) is 21.5. The molecule has 1 aliphatic rings.